The molecule has 0 spiro atoms. The minimum Gasteiger partial charge on any atom is -0.490 e. The van der Waals surface area contributed by atoms with E-state index in [0.29, 0.717) is 43.4 Å². The number of halogens is 4. The summed E-state index contributed by atoms with van der Waals surface area (Å²) in [5.41, 5.74) is -0.304. The lowest BCUT2D eigenvalue weighted by atomic mass is 10.1. The smallest absolute Gasteiger partial charge is 0.417 e. The minimum atomic E-state index is -4.57. The van der Waals surface area contributed by atoms with Crippen molar-refractivity contribution in [2.24, 2.45) is 0 Å². The van der Waals surface area contributed by atoms with Crippen LogP contribution in [0.3, 0.4) is 0 Å². The van der Waals surface area contributed by atoms with E-state index in [9.17, 15) is 22.8 Å². The summed E-state index contributed by atoms with van der Waals surface area (Å²) >= 11 is 5.86. The maximum absolute atomic E-state index is 12.8. The van der Waals surface area contributed by atoms with Crippen molar-refractivity contribution in [2.45, 2.75) is 31.5 Å². The van der Waals surface area contributed by atoms with Gasteiger partial charge in [0, 0.05) is 32.1 Å². The summed E-state index contributed by atoms with van der Waals surface area (Å²) < 4.78 is 55.1. The molecule has 0 saturated carbocycles. The van der Waals surface area contributed by atoms with Gasteiger partial charge in [0.15, 0.2) is 0 Å². The molecule has 0 atom stereocenters. The van der Waals surface area contributed by atoms with Crippen LogP contribution in [0.4, 0.5) is 18.0 Å². The zero-order valence-electron chi connectivity index (χ0n) is 19.8. The van der Waals surface area contributed by atoms with E-state index >= 15 is 0 Å². The highest BCUT2D eigenvalue weighted by Crippen LogP contribution is 2.35. The molecule has 0 bridgehead atoms. The number of rotatable bonds is 7. The molecule has 0 radical (unpaired) electrons. The molecule has 1 aliphatic rings. The van der Waals surface area contributed by atoms with E-state index in [1.807, 2.05) is 0 Å². The second-order valence-electron chi connectivity index (χ2n) is 8.47. The van der Waals surface area contributed by atoms with Crippen LogP contribution in [-0.4, -0.2) is 46.2 Å². The van der Waals surface area contributed by atoms with Crippen LogP contribution in [-0.2, 0) is 17.4 Å². The molecule has 1 aliphatic heterocycles. The molecule has 8 nitrogen and oxygen atoms in total. The number of aliphatic carboxylic acids is 1. The molecular formula is C26H22ClF3N2O6. The van der Waals surface area contributed by atoms with Gasteiger partial charge in [0.1, 0.15) is 28.4 Å². The first-order valence-corrected chi connectivity index (χ1v) is 11.9. The van der Waals surface area contributed by atoms with Crippen molar-refractivity contribution in [2.75, 3.05) is 13.1 Å². The predicted molar refractivity (Wildman–Crippen MR) is 130 cm³/mol. The van der Waals surface area contributed by atoms with Crippen molar-refractivity contribution < 1.29 is 42.1 Å². The van der Waals surface area contributed by atoms with E-state index < -0.39 is 23.8 Å². The molecular weight excluding hydrogens is 529 g/mol. The van der Waals surface area contributed by atoms with Crippen LogP contribution < -0.4 is 14.2 Å². The van der Waals surface area contributed by atoms with Gasteiger partial charge in [-0.1, -0.05) is 23.7 Å². The fourth-order valence-electron chi connectivity index (χ4n) is 3.72. The number of aromatic nitrogens is 1. The summed E-state index contributed by atoms with van der Waals surface area (Å²) in [6.07, 6.45) is -3.42. The Morgan fingerprint density at radius 2 is 1.61 bits per heavy atom. The van der Waals surface area contributed by atoms with Gasteiger partial charge in [-0.15, -0.1) is 0 Å². The van der Waals surface area contributed by atoms with E-state index in [0.717, 1.165) is 6.07 Å². The summed E-state index contributed by atoms with van der Waals surface area (Å²) in [5.74, 6) is 0.0464. The normalized spacial score (nSPS) is 14.2. The van der Waals surface area contributed by atoms with Crippen molar-refractivity contribution in [1.29, 1.82) is 0 Å². The third-order valence-electron chi connectivity index (χ3n) is 5.66. The number of pyridine rings is 1. The Hall–Kier alpha value is -3.99. The number of hydrogen-bond donors (Lipinski definition) is 1. The number of likely N-dealkylation sites (tertiary alicyclic amines) is 1. The summed E-state index contributed by atoms with van der Waals surface area (Å²) in [6.45, 7) is 0.861. The van der Waals surface area contributed by atoms with E-state index in [2.05, 4.69) is 4.98 Å². The number of carboxylic acid groups (broad SMARTS) is 1. The topological polar surface area (TPSA) is 98.2 Å². The van der Waals surface area contributed by atoms with Crippen molar-refractivity contribution in [3.63, 3.8) is 0 Å². The molecule has 1 amide bonds. The van der Waals surface area contributed by atoms with Crippen molar-refractivity contribution in [3.05, 3.63) is 76.9 Å². The number of benzene rings is 2. The Kier molecular flexibility index (Phi) is 8.26. The number of alkyl halides is 3. The van der Waals surface area contributed by atoms with Crippen molar-refractivity contribution in [1.82, 2.24) is 9.88 Å². The molecule has 1 aromatic heterocycles. The van der Waals surface area contributed by atoms with Crippen molar-refractivity contribution in [3.8, 4) is 23.1 Å². The first-order valence-electron chi connectivity index (χ1n) is 11.5. The van der Waals surface area contributed by atoms with Gasteiger partial charge in [-0.2, -0.15) is 13.2 Å². The molecule has 0 aliphatic carbocycles. The van der Waals surface area contributed by atoms with E-state index in [1.54, 1.807) is 29.2 Å². The Bertz CT molecular complexity index is 1280. The van der Waals surface area contributed by atoms with Gasteiger partial charge < -0.3 is 24.2 Å². The molecule has 12 heteroatoms. The maximum atomic E-state index is 12.8. The number of carboxylic acids is 1. The molecule has 200 valence electrons. The van der Waals surface area contributed by atoms with Crippen LogP contribution in [0, 0.1) is 0 Å². The lowest BCUT2D eigenvalue weighted by Gasteiger charge is -2.31. The standard InChI is InChI=1S/C26H22ClF3N2O6/c27-22-14-17(26(28,29)30)15-31-24(22)37-19-5-7-20(8-6-19)38-25(35)32-11-9-21(10-12-32)36-18-3-1-16(2-4-18)13-23(33)34/h1-8,14-15,21H,9-13H2,(H,33,34). The van der Waals surface area contributed by atoms with Crippen molar-refractivity contribution >= 4 is 23.7 Å². The van der Waals surface area contributed by atoms with Crippen LogP contribution in [0.2, 0.25) is 5.02 Å². The van der Waals surface area contributed by atoms with Gasteiger partial charge in [0.2, 0.25) is 5.88 Å². The van der Waals surface area contributed by atoms with Gasteiger partial charge in [-0.05, 0) is 48.0 Å². The maximum Gasteiger partial charge on any atom is 0.417 e. The van der Waals surface area contributed by atoms with Gasteiger partial charge in [0.25, 0.3) is 0 Å². The molecule has 3 aromatic rings. The fourth-order valence-corrected chi connectivity index (χ4v) is 3.92. The highest BCUT2D eigenvalue weighted by Gasteiger charge is 2.32. The second-order valence-corrected chi connectivity index (χ2v) is 8.88. The van der Waals surface area contributed by atoms with Gasteiger partial charge >= 0.3 is 18.2 Å². The predicted octanol–water partition coefficient (Wildman–Crippen LogP) is 6.22. The van der Waals surface area contributed by atoms with Crippen LogP contribution in [0.15, 0.2) is 60.8 Å². The fraction of sp³-hybridized carbons (Fsp3) is 0.269. The summed E-state index contributed by atoms with van der Waals surface area (Å²) in [6, 6.07) is 13.5. The Balaban J connectivity index is 1.25. The molecule has 2 heterocycles. The molecule has 1 fully saturated rings. The number of nitrogens with zero attached hydrogens (tertiary/aromatic N) is 2. The number of piperidine rings is 1. The number of hydrogen-bond acceptors (Lipinski definition) is 6. The SMILES string of the molecule is O=C(O)Cc1ccc(OC2CCN(C(=O)Oc3ccc(Oc4ncc(C(F)(F)F)cc4Cl)cc3)CC2)cc1. The van der Waals surface area contributed by atoms with E-state index in [1.165, 1.54) is 24.3 Å². The Morgan fingerprint density at radius 1 is 1.00 bits per heavy atom. The average Bonchev–Trinajstić information content (AvgIpc) is 2.87. The number of carbonyl (C=O) groups excluding carboxylic acids is 1. The summed E-state index contributed by atoms with van der Waals surface area (Å²) in [4.78, 5) is 28.5. The molecule has 1 saturated heterocycles. The quantitative estimate of drug-likeness (QED) is 0.373. The Morgan fingerprint density at radius 3 is 2.18 bits per heavy atom. The Labute approximate surface area is 220 Å². The van der Waals surface area contributed by atoms with Gasteiger partial charge in [0.05, 0.1) is 12.0 Å². The first kappa shape index (κ1) is 27.1. The molecule has 4 rings (SSSR count). The minimum absolute atomic E-state index is 0.0543. The highest BCUT2D eigenvalue weighted by molar-refractivity contribution is 6.31. The van der Waals surface area contributed by atoms with Gasteiger partial charge in [-0.3, -0.25) is 4.79 Å². The zero-order valence-corrected chi connectivity index (χ0v) is 20.5. The van der Waals surface area contributed by atoms with Crippen LogP contribution >= 0.6 is 11.6 Å². The third kappa shape index (κ3) is 7.28. The van der Waals surface area contributed by atoms with Crippen LogP contribution in [0.25, 0.3) is 0 Å². The molecule has 38 heavy (non-hydrogen) atoms. The lowest BCUT2D eigenvalue weighted by Crippen LogP contribution is -2.43. The third-order valence-corrected chi connectivity index (χ3v) is 5.93. The summed E-state index contributed by atoms with van der Waals surface area (Å²) in [5, 5.41) is 8.56. The number of ether oxygens (including phenoxy) is 3. The van der Waals surface area contributed by atoms with E-state index in [-0.39, 0.29) is 34.9 Å². The largest absolute Gasteiger partial charge is 0.490 e. The zero-order chi connectivity index (χ0) is 27.3. The lowest BCUT2D eigenvalue weighted by molar-refractivity contribution is -0.138. The molecule has 0 unspecified atom stereocenters. The second kappa shape index (κ2) is 11.6. The highest BCUT2D eigenvalue weighted by atomic mass is 35.5. The molecule has 2 aromatic carbocycles. The monoisotopic (exact) mass is 550 g/mol. The summed E-state index contributed by atoms with van der Waals surface area (Å²) in [7, 11) is 0. The number of amides is 1. The molecule has 1 N–H and O–H groups in total. The first-order chi connectivity index (χ1) is 18.1. The van der Waals surface area contributed by atoms with E-state index in [4.69, 9.17) is 30.9 Å². The van der Waals surface area contributed by atoms with Gasteiger partial charge in [-0.25, -0.2) is 9.78 Å². The number of carbonyl (C=O) groups is 2. The van der Waals surface area contributed by atoms with Crippen LogP contribution in [0.5, 0.6) is 23.1 Å². The van der Waals surface area contributed by atoms with Crippen LogP contribution in [0.1, 0.15) is 24.0 Å². The average molecular weight is 551 g/mol.